The Labute approximate surface area is 238 Å². The molecule has 1 aliphatic rings. The summed E-state index contributed by atoms with van der Waals surface area (Å²) in [7, 11) is 6.75. The number of fused-ring (bicyclic) bond motifs is 1. The average molecular weight is 555 g/mol. The van der Waals surface area contributed by atoms with E-state index in [1.54, 1.807) is 56.4 Å². The number of aromatic nitrogens is 2. The van der Waals surface area contributed by atoms with Crippen LogP contribution in [0.2, 0.25) is 0 Å². The van der Waals surface area contributed by atoms with Crippen molar-refractivity contribution in [2.75, 3.05) is 46.7 Å². The number of nitrogens with zero attached hydrogens (tertiary/aromatic N) is 4. The molecule has 0 bridgehead atoms. The molecular weight excluding hydrogens is 520 g/mol. The van der Waals surface area contributed by atoms with Gasteiger partial charge in [0.05, 0.1) is 24.4 Å². The maximum Gasteiger partial charge on any atom is 0.321 e. The van der Waals surface area contributed by atoms with Crippen molar-refractivity contribution in [3.05, 3.63) is 66.5 Å². The van der Waals surface area contributed by atoms with E-state index < -0.39 is 0 Å². The van der Waals surface area contributed by atoms with E-state index in [0.717, 1.165) is 39.0 Å². The molecule has 0 saturated carbocycles. The fourth-order valence-corrected chi connectivity index (χ4v) is 5.20. The van der Waals surface area contributed by atoms with Crippen LogP contribution in [0.4, 0.5) is 10.5 Å². The molecule has 1 saturated heterocycles. The Bertz CT molecular complexity index is 1630. The first-order chi connectivity index (χ1) is 19.7. The van der Waals surface area contributed by atoms with E-state index in [2.05, 4.69) is 15.3 Å². The number of hydrogen-bond acceptors (Lipinski definition) is 5. The van der Waals surface area contributed by atoms with Crippen LogP contribution < -0.4 is 10.1 Å². The molecule has 212 valence electrons. The highest BCUT2D eigenvalue weighted by Gasteiger charge is 2.30. The minimum Gasteiger partial charge on any atom is -0.496 e. The summed E-state index contributed by atoms with van der Waals surface area (Å²) in [5.74, 6) is 0.493. The maximum absolute atomic E-state index is 13.2. The van der Waals surface area contributed by atoms with Crippen molar-refractivity contribution in [3.8, 4) is 28.0 Å². The van der Waals surface area contributed by atoms with Crippen LogP contribution in [-0.2, 0) is 4.79 Å². The van der Waals surface area contributed by atoms with E-state index >= 15 is 0 Å². The second-order valence-electron chi connectivity index (χ2n) is 10.4. The lowest BCUT2D eigenvalue weighted by Gasteiger charge is -2.24. The number of methoxy groups -OCH3 is 1. The molecule has 41 heavy (non-hydrogen) atoms. The Kier molecular flexibility index (Phi) is 7.65. The zero-order valence-corrected chi connectivity index (χ0v) is 23.9. The zero-order chi connectivity index (χ0) is 29.3. The Balaban J connectivity index is 1.46. The molecule has 3 heterocycles. The van der Waals surface area contributed by atoms with Gasteiger partial charge >= 0.3 is 6.03 Å². The van der Waals surface area contributed by atoms with Gasteiger partial charge in [-0.15, -0.1) is 0 Å². The average Bonchev–Trinajstić information content (AvgIpc) is 3.64. The number of anilines is 1. The van der Waals surface area contributed by atoms with Crippen LogP contribution in [0, 0.1) is 0 Å². The molecule has 1 unspecified atom stereocenters. The van der Waals surface area contributed by atoms with Gasteiger partial charge in [0, 0.05) is 75.6 Å². The van der Waals surface area contributed by atoms with Gasteiger partial charge < -0.3 is 29.7 Å². The summed E-state index contributed by atoms with van der Waals surface area (Å²) >= 11 is 0. The van der Waals surface area contributed by atoms with E-state index in [9.17, 15) is 14.4 Å². The lowest BCUT2D eigenvalue weighted by molar-refractivity contribution is -0.129. The molecule has 0 aliphatic carbocycles. The zero-order valence-electron chi connectivity index (χ0n) is 23.9. The first-order valence-electron chi connectivity index (χ1n) is 13.4. The molecule has 0 radical (unpaired) electrons. The Morgan fingerprint density at radius 1 is 1.05 bits per heavy atom. The number of urea groups is 1. The summed E-state index contributed by atoms with van der Waals surface area (Å²) in [5, 5.41) is 3.85. The number of pyridine rings is 1. The molecule has 5 rings (SSSR count). The van der Waals surface area contributed by atoms with Gasteiger partial charge in [-0.1, -0.05) is 24.3 Å². The van der Waals surface area contributed by atoms with Gasteiger partial charge in [0.1, 0.15) is 11.4 Å². The van der Waals surface area contributed by atoms with E-state index in [0.29, 0.717) is 30.8 Å². The minimum absolute atomic E-state index is 0.0277. The third-order valence-electron chi connectivity index (χ3n) is 7.65. The van der Waals surface area contributed by atoms with Gasteiger partial charge in [0.15, 0.2) is 0 Å². The highest BCUT2D eigenvalue weighted by Crippen LogP contribution is 2.36. The highest BCUT2D eigenvalue weighted by atomic mass is 16.5. The van der Waals surface area contributed by atoms with Gasteiger partial charge in [-0.05, 0) is 36.2 Å². The molecule has 2 aromatic carbocycles. The first kappa shape index (κ1) is 27.7. The highest BCUT2D eigenvalue weighted by molar-refractivity contribution is 6.05. The van der Waals surface area contributed by atoms with Crippen LogP contribution in [0.25, 0.3) is 33.3 Å². The molecule has 1 fully saturated rings. The van der Waals surface area contributed by atoms with Crippen LogP contribution in [0.15, 0.2) is 60.9 Å². The van der Waals surface area contributed by atoms with E-state index in [4.69, 9.17) is 4.74 Å². The van der Waals surface area contributed by atoms with Crippen LogP contribution >= 0.6 is 0 Å². The second-order valence-corrected chi connectivity index (χ2v) is 10.4. The molecule has 4 aromatic rings. The van der Waals surface area contributed by atoms with Crippen molar-refractivity contribution in [3.63, 3.8) is 0 Å². The third kappa shape index (κ3) is 5.45. The quantitative estimate of drug-likeness (QED) is 0.359. The van der Waals surface area contributed by atoms with Crippen molar-refractivity contribution in [2.45, 2.75) is 19.4 Å². The predicted octanol–water partition coefficient (Wildman–Crippen LogP) is 4.69. The number of likely N-dealkylation sites (N-methyl/N-ethyl adjacent to an activating group) is 1. The summed E-state index contributed by atoms with van der Waals surface area (Å²) < 4.78 is 5.58. The van der Waals surface area contributed by atoms with Crippen molar-refractivity contribution in [1.82, 2.24) is 24.7 Å². The van der Waals surface area contributed by atoms with Gasteiger partial charge in [0.2, 0.25) is 5.91 Å². The smallest absolute Gasteiger partial charge is 0.321 e. The molecule has 1 aliphatic heterocycles. The number of aromatic amines is 1. The standard InChI is InChI=1S/C31H34N6O4/c1-19(38)36(4)22-12-13-37(18-22)31(40)34-27-11-10-20(14-25(27)30(39)35(2)3)21-15-24-26(17-33-29(24)32-16-21)23-8-6-7-9-28(23)41-5/h6-11,14-17,22H,12-13,18H2,1-5H3,(H,32,33)(H,34,40). The number of carbonyl (C=O) groups is 3. The number of likely N-dealkylation sites (tertiary alicyclic amines) is 1. The Morgan fingerprint density at radius 3 is 2.56 bits per heavy atom. The molecule has 2 N–H and O–H groups in total. The van der Waals surface area contributed by atoms with Gasteiger partial charge in [0.25, 0.3) is 5.91 Å². The van der Waals surface area contributed by atoms with E-state index in [1.807, 2.05) is 42.6 Å². The molecule has 10 nitrogen and oxygen atoms in total. The number of rotatable bonds is 6. The number of amides is 4. The van der Waals surface area contributed by atoms with Gasteiger partial charge in [-0.3, -0.25) is 9.59 Å². The number of ether oxygens (including phenoxy) is 1. The minimum atomic E-state index is -0.304. The third-order valence-corrected chi connectivity index (χ3v) is 7.65. The van der Waals surface area contributed by atoms with Crippen LogP contribution in [0.3, 0.4) is 0 Å². The molecule has 2 aromatic heterocycles. The monoisotopic (exact) mass is 554 g/mol. The van der Waals surface area contributed by atoms with E-state index in [1.165, 1.54) is 11.8 Å². The van der Waals surface area contributed by atoms with E-state index in [-0.39, 0.29) is 23.9 Å². The summed E-state index contributed by atoms with van der Waals surface area (Å²) in [5.41, 5.74) is 5.05. The molecular formula is C31H34N6O4. The Morgan fingerprint density at radius 2 is 1.83 bits per heavy atom. The summed E-state index contributed by atoms with van der Waals surface area (Å²) in [6.07, 6.45) is 4.38. The normalized spacial score (nSPS) is 14.7. The van der Waals surface area contributed by atoms with Gasteiger partial charge in [-0.2, -0.15) is 0 Å². The molecule has 0 spiro atoms. The molecule has 4 amide bonds. The predicted molar refractivity (Wildman–Crippen MR) is 159 cm³/mol. The van der Waals surface area contributed by atoms with Crippen molar-refractivity contribution in [2.24, 2.45) is 0 Å². The topological polar surface area (TPSA) is 111 Å². The number of benzene rings is 2. The summed E-state index contributed by atoms with van der Waals surface area (Å²) in [6, 6.07) is 14.9. The summed E-state index contributed by atoms with van der Waals surface area (Å²) in [6.45, 7) is 2.49. The van der Waals surface area contributed by atoms with Crippen molar-refractivity contribution < 1.29 is 19.1 Å². The van der Waals surface area contributed by atoms with Crippen LogP contribution in [0.1, 0.15) is 23.7 Å². The summed E-state index contributed by atoms with van der Waals surface area (Å²) in [4.78, 5) is 50.8. The number of hydrogen-bond donors (Lipinski definition) is 2. The molecule has 1 atom stereocenters. The van der Waals surface area contributed by atoms with Crippen LogP contribution in [-0.4, -0.2) is 89.9 Å². The number of H-pyrrole nitrogens is 1. The molecule has 10 heteroatoms. The SMILES string of the molecule is COc1ccccc1-c1c[nH]c2ncc(-c3ccc(NC(=O)N4CCC(N(C)C(C)=O)C4)c(C(=O)N(C)C)c3)cc12. The van der Waals surface area contributed by atoms with Crippen LogP contribution in [0.5, 0.6) is 5.75 Å². The lowest BCUT2D eigenvalue weighted by Crippen LogP contribution is -2.40. The number of para-hydroxylation sites is 1. The number of carbonyl (C=O) groups excluding carboxylic acids is 3. The largest absolute Gasteiger partial charge is 0.496 e. The first-order valence-corrected chi connectivity index (χ1v) is 13.4. The van der Waals surface area contributed by atoms with Crippen molar-refractivity contribution >= 4 is 34.6 Å². The fourth-order valence-electron chi connectivity index (χ4n) is 5.20. The number of nitrogens with one attached hydrogen (secondary N) is 2. The second kappa shape index (κ2) is 11.3. The maximum atomic E-state index is 13.2. The fraction of sp³-hybridized carbons (Fsp3) is 0.290. The van der Waals surface area contributed by atoms with Gasteiger partial charge in [-0.25, -0.2) is 9.78 Å². The lowest BCUT2D eigenvalue weighted by atomic mass is 9.99. The Hall–Kier alpha value is -4.86. The van der Waals surface area contributed by atoms with Crippen molar-refractivity contribution in [1.29, 1.82) is 0 Å².